The lowest BCUT2D eigenvalue weighted by Gasteiger charge is -2.15. The van der Waals surface area contributed by atoms with Crippen LogP contribution in [0.25, 0.3) is 0 Å². The summed E-state index contributed by atoms with van der Waals surface area (Å²) in [6.07, 6.45) is -9.81. The van der Waals surface area contributed by atoms with Crippen molar-refractivity contribution in [1.29, 1.82) is 5.26 Å². The summed E-state index contributed by atoms with van der Waals surface area (Å²) in [5.41, 5.74) is -4.99. The third-order valence-electron chi connectivity index (χ3n) is 2.09. The molecular weight excluding hydrogens is 275 g/mol. The minimum absolute atomic E-state index is 0.173. The Morgan fingerprint density at radius 1 is 1.47 bits per heavy atom. The molecule has 4 nitrogen and oxygen atoms in total. The number of hydrogen-bond donors (Lipinski definition) is 1. The minimum Gasteiger partial charge on any atom is -0.481 e. The van der Waals surface area contributed by atoms with Crippen LogP contribution in [0.3, 0.4) is 0 Å². The van der Waals surface area contributed by atoms with E-state index in [0.717, 1.165) is 0 Å². The zero-order valence-electron chi connectivity index (χ0n) is 9.00. The summed E-state index contributed by atoms with van der Waals surface area (Å²) < 4.78 is 63.3. The first-order chi connectivity index (χ1) is 8.66. The lowest BCUT2D eigenvalue weighted by molar-refractivity contribution is -0.140. The highest BCUT2D eigenvalue weighted by Gasteiger charge is 2.38. The molecule has 0 aliphatic rings. The number of nitrogens with zero attached hydrogens (tertiary/aromatic N) is 2. The maximum atomic E-state index is 12.7. The Morgan fingerprint density at radius 2 is 2.05 bits per heavy atom. The second kappa shape index (κ2) is 5.17. The fraction of sp³-hybridized carbons (Fsp3) is 0.300. The SMILES string of the molecule is N#Cc1cc(C(F)(F)F)c(C(F)F)c(CC(=O)O)n1. The number of carboxylic acids is 1. The van der Waals surface area contributed by atoms with Gasteiger partial charge in [0.1, 0.15) is 11.8 Å². The number of pyridine rings is 1. The molecule has 1 aromatic rings. The Bertz CT molecular complexity index is 548. The van der Waals surface area contributed by atoms with Gasteiger partial charge in [0.05, 0.1) is 23.2 Å². The number of halogens is 5. The largest absolute Gasteiger partial charge is 0.481 e. The molecule has 9 heteroatoms. The van der Waals surface area contributed by atoms with Crippen molar-refractivity contribution in [2.24, 2.45) is 0 Å². The fourth-order valence-corrected chi connectivity index (χ4v) is 1.42. The normalized spacial score (nSPS) is 11.4. The van der Waals surface area contributed by atoms with Crippen molar-refractivity contribution in [2.45, 2.75) is 19.0 Å². The summed E-state index contributed by atoms with van der Waals surface area (Å²) in [4.78, 5) is 13.7. The Morgan fingerprint density at radius 3 is 2.42 bits per heavy atom. The predicted octanol–water partition coefficient (Wildman–Crippen LogP) is 2.54. The van der Waals surface area contributed by atoms with Gasteiger partial charge in [-0.1, -0.05) is 0 Å². The van der Waals surface area contributed by atoms with Gasteiger partial charge in [0, 0.05) is 0 Å². The van der Waals surface area contributed by atoms with Crippen LogP contribution in [-0.2, 0) is 17.4 Å². The molecule has 1 N–H and O–H groups in total. The summed E-state index contributed by atoms with van der Waals surface area (Å²) in [6, 6.07) is 1.44. The van der Waals surface area contributed by atoms with Crippen molar-refractivity contribution < 1.29 is 31.9 Å². The van der Waals surface area contributed by atoms with E-state index in [1.54, 1.807) is 0 Å². The third kappa shape index (κ3) is 3.37. The first-order valence-corrected chi connectivity index (χ1v) is 4.68. The second-order valence-corrected chi connectivity index (χ2v) is 3.40. The van der Waals surface area contributed by atoms with E-state index in [0.29, 0.717) is 0 Å². The van der Waals surface area contributed by atoms with Crippen LogP contribution >= 0.6 is 0 Å². The summed E-state index contributed by atoms with van der Waals surface area (Å²) in [5, 5.41) is 17.0. The van der Waals surface area contributed by atoms with Crippen LogP contribution in [0.4, 0.5) is 22.0 Å². The van der Waals surface area contributed by atoms with Crippen LogP contribution < -0.4 is 0 Å². The number of rotatable bonds is 3. The minimum atomic E-state index is -5.13. The van der Waals surface area contributed by atoms with Crippen molar-refractivity contribution in [3.05, 3.63) is 28.6 Å². The number of nitriles is 1. The molecule has 0 bridgehead atoms. The van der Waals surface area contributed by atoms with Gasteiger partial charge in [-0.3, -0.25) is 4.79 Å². The van der Waals surface area contributed by atoms with Gasteiger partial charge in [-0.15, -0.1) is 0 Å². The smallest absolute Gasteiger partial charge is 0.417 e. The summed E-state index contributed by atoms with van der Waals surface area (Å²) in [5.74, 6) is -1.63. The Balaban J connectivity index is 3.61. The Hall–Kier alpha value is -2.24. The van der Waals surface area contributed by atoms with Gasteiger partial charge in [0.15, 0.2) is 0 Å². The molecule has 0 aliphatic heterocycles. The van der Waals surface area contributed by atoms with Crippen LogP contribution in [0.5, 0.6) is 0 Å². The molecule has 0 amide bonds. The third-order valence-corrected chi connectivity index (χ3v) is 2.09. The molecule has 102 valence electrons. The molecule has 0 aliphatic carbocycles. The number of aliphatic carboxylic acids is 1. The molecule has 0 aromatic carbocycles. The van der Waals surface area contributed by atoms with Crippen LogP contribution in [0.1, 0.15) is 28.9 Å². The van der Waals surface area contributed by atoms with Crippen molar-refractivity contribution in [2.75, 3.05) is 0 Å². The predicted molar refractivity (Wildman–Crippen MR) is 50.3 cm³/mol. The molecule has 1 rings (SSSR count). The summed E-state index contributed by atoms with van der Waals surface area (Å²) >= 11 is 0. The topological polar surface area (TPSA) is 74.0 Å². The quantitative estimate of drug-likeness (QED) is 0.863. The highest BCUT2D eigenvalue weighted by Crippen LogP contribution is 2.38. The van der Waals surface area contributed by atoms with Crippen LogP contribution in [0, 0.1) is 11.3 Å². The monoisotopic (exact) mass is 280 g/mol. The Kier molecular flexibility index (Phi) is 4.04. The van der Waals surface area contributed by atoms with Crippen molar-refractivity contribution in [3.8, 4) is 6.07 Å². The molecule has 0 atom stereocenters. The summed E-state index contributed by atoms with van der Waals surface area (Å²) in [7, 11) is 0. The van der Waals surface area contributed by atoms with Crippen molar-refractivity contribution in [1.82, 2.24) is 4.98 Å². The Labute approximate surface area is 103 Å². The molecule has 1 heterocycles. The fourth-order valence-electron chi connectivity index (χ4n) is 1.42. The second-order valence-electron chi connectivity index (χ2n) is 3.40. The van der Waals surface area contributed by atoms with Crippen molar-refractivity contribution >= 4 is 5.97 Å². The average molecular weight is 280 g/mol. The number of hydrogen-bond acceptors (Lipinski definition) is 3. The van der Waals surface area contributed by atoms with Crippen LogP contribution in [-0.4, -0.2) is 16.1 Å². The summed E-state index contributed by atoms with van der Waals surface area (Å²) in [6.45, 7) is 0. The molecular formula is C10H5F5N2O2. The van der Waals surface area contributed by atoms with Crippen LogP contribution in [0.15, 0.2) is 6.07 Å². The molecule has 0 radical (unpaired) electrons. The van der Waals surface area contributed by atoms with Gasteiger partial charge < -0.3 is 5.11 Å². The average Bonchev–Trinajstić information content (AvgIpc) is 2.25. The number of carbonyl (C=O) groups is 1. The first-order valence-electron chi connectivity index (χ1n) is 4.68. The first kappa shape index (κ1) is 14.8. The zero-order valence-corrected chi connectivity index (χ0v) is 9.00. The van der Waals surface area contributed by atoms with Gasteiger partial charge in [-0.25, -0.2) is 13.8 Å². The van der Waals surface area contributed by atoms with Gasteiger partial charge in [0.2, 0.25) is 0 Å². The molecule has 0 fully saturated rings. The number of alkyl halides is 5. The maximum Gasteiger partial charge on any atom is 0.417 e. The van der Waals surface area contributed by atoms with Gasteiger partial charge in [-0.05, 0) is 6.07 Å². The van der Waals surface area contributed by atoms with E-state index in [4.69, 9.17) is 10.4 Å². The highest BCUT2D eigenvalue weighted by molar-refractivity contribution is 5.70. The zero-order chi connectivity index (χ0) is 14.8. The molecule has 0 saturated carbocycles. The standard InChI is InChI=1S/C10H5F5N2O2/c11-9(12)8-5(10(13,14)15)1-4(3-16)17-6(8)2-7(18)19/h1,9H,2H2,(H,18,19). The maximum absolute atomic E-state index is 12.7. The van der Waals surface area contributed by atoms with Gasteiger partial charge in [-0.2, -0.15) is 18.4 Å². The van der Waals surface area contributed by atoms with Crippen molar-refractivity contribution in [3.63, 3.8) is 0 Å². The molecule has 1 aromatic heterocycles. The van der Waals surface area contributed by atoms with Crippen LogP contribution in [0.2, 0.25) is 0 Å². The van der Waals surface area contributed by atoms with Gasteiger partial charge >= 0.3 is 12.1 Å². The van der Waals surface area contributed by atoms with E-state index in [2.05, 4.69) is 4.98 Å². The molecule has 0 unspecified atom stereocenters. The van der Waals surface area contributed by atoms with E-state index in [1.165, 1.54) is 6.07 Å². The van der Waals surface area contributed by atoms with E-state index in [1.807, 2.05) is 0 Å². The van der Waals surface area contributed by atoms with E-state index < -0.39 is 47.5 Å². The lowest BCUT2D eigenvalue weighted by atomic mass is 10.0. The number of carboxylic acid groups (broad SMARTS) is 1. The molecule has 0 spiro atoms. The lowest BCUT2D eigenvalue weighted by Crippen LogP contribution is -2.16. The molecule has 0 saturated heterocycles. The number of aromatic nitrogens is 1. The van der Waals surface area contributed by atoms with Gasteiger partial charge in [0.25, 0.3) is 6.43 Å². The highest BCUT2D eigenvalue weighted by atomic mass is 19.4. The van der Waals surface area contributed by atoms with E-state index in [-0.39, 0.29) is 6.07 Å². The van der Waals surface area contributed by atoms with E-state index >= 15 is 0 Å². The molecule has 19 heavy (non-hydrogen) atoms. The van der Waals surface area contributed by atoms with E-state index in [9.17, 15) is 26.7 Å².